The van der Waals surface area contributed by atoms with E-state index in [1.807, 2.05) is 0 Å². The predicted octanol–water partition coefficient (Wildman–Crippen LogP) is 0.276. The van der Waals surface area contributed by atoms with E-state index < -0.39 is 0 Å². The lowest BCUT2D eigenvalue weighted by Crippen LogP contribution is -2.03. The molecule has 0 spiro atoms. The third-order valence-corrected chi connectivity index (χ3v) is 1.98. The summed E-state index contributed by atoms with van der Waals surface area (Å²) in [4.78, 5) is 13.6. The monoisotopic (exact) mass is 179 g/mol. The molecule has 0 saturated carbocycles. The van der Waals surface area contributed by atoms with Crippen LogP contribution in [-0.4, -0.2) is 19.9 Å². The van der Waals surface area contributed by atoms with Crippen molar-refractivity contribution in [2.45, 2.75) is 6.92 Å². The molecule has 2 heterocycles. The standard InChI is InChI=1S/C8H9N3O2/c1-4-7-8(11(2)10-4)5(12)3-6(13)9-7/h3H,1-2H3,(H2,9,12,13). The van der Waals surface area contributed by atoms with Gasteiger partial charge in [-0.1, -0.05) is 0 Å². The molecule has 0 amide bonds. The second-order valence-electron chi connectivity index (χ2n) is 2.95. The maximum absolute atomic E-state index is 11.0. The van der Waals surface area contributed by atoms with Crippen molar-refractivity contribution in [1.29, 1.82) is 0 Å². The molecule has 0 fully saturated rings. The summed E-state index contributed by atoms with van der Waals surface area (Å²) in [5, 5.41) is 13.5. The highest BCUT2D eigenvalue weighted by Crippen LogP contribution is 2.21. The molecule has 0 aliphatic rings. The Morgan fingerprint density at radius 3 is 3.00 bits per heavy atom. The van der Waals surface area contributed by atoms with Crippen LogP contribution in [0.3, 0.4) is 0 Å². The molecular formula is C8H9N3O2. The maximum Gasteiger partial charge on any atom is 0.252 e. The summed E-state index contributed by atoms with van der Waals surface area (Å²) in [5.74, 6) is -0.0400. The number of pyridine rings is 1. The number of fused-ring (bicyclic) bond motifs is 1. The van der Waals surface area contributed by atoms with Gasteiger partial charge in [-0.05, 0) is 6.92 Å². The molecule has 2 rings (SSSR count). The third kappa shape index (κ3) is 1.00. The van der Waals surface area contributed by atoms with Gasteiger partial charge in [0.05, 0.1) is 11.2 Å². The van der Waals surface area contributed by atoms with Crippen LogP contribution >= 0.6 is 0 Å². The fourth-order valence-corrected chi connectivity index (χ4v) is 1.45. The molecule has 5 heteroatoms. The topological polar surface area (TPSA) is 70.9 Å². The first-order valence-corrected chi connectivity index (χ1v) is 3.85. The Hall–Kier alpha value is -1.78. The minimum atomic E-state index is -0.318. The summed E-state index contributed by atoms with van der Waals surface area (Å²) in [6.45, 7) is 1.78. The van der Waals surface area contributed by atoms with Crippen LogP contribution in [0, 0.1) is 6.92 Å². The highest BCUT2D eigenvalue weighted by atomic mass is 16.3. The Bertz CT molecular complexity index is 524. The van der Waals surface area contributed by atoms with E-state index in [-0.39, 0.29) is 11.3 Å². The molecule has 2 aromatic rings. The van der Waals surface area contributed by atoms with E-state index in [1.54, 1.807) is 14.0 Å². The Balaban J connectivity index is 3.06. The fourth-order valence-electron chi connectivity index (χ4n) is 1.45. The Morgan fingerprint density at radius 1 is 1.62 bits per heavy atom. The summed E-state index contributed by atoms with van der Waals surface area (Å²) in [7, 11) is 1.72. The van der Waals surface area contributed by atoms with E-state index in [9.17, 15) is 9.90 Å². The van der Waals surface area contributed by atoms with Crippen LogP contribution in [0.4, 0.5) is 0 Å². The predicted molar refractivity (Wildman–Crippen MR) is 47.7 cm³/mol. The zero-order valence-corrected chi connectivity index (χ0v) is 7.33. The average molecular weight is 179 g/mol. The second kappa shape index (κ2) is 2.35. The molecule has 0 atom stereocenters. The van der Waals surface area contributed by atoms with Crippen molar-refractivity contribution < 1.29 is 5.11 Å². The molecule has 0 aliphatic carbocycles. The van der Waals surface area contributed by atoms with Crippen molar-refractivity contribution >= 4 is 11.0 Å². The molecule has 5 nitrogen and oxygen atoms in total. The zero-order chi connectivity index (χ0) is 9.59. The van der Waals surface area contributed by atoms with Gasteiger partial charge in [0.25, 0.3) is 5.56 Å². The van der Waals surface area contributed by atoms with Crippen molar-refractivity contribution in [3.8, 4) is 5.75 Å². The van der Waals surface area contributed by atoms with E-state index >= 15 is 0 Å². The molecule has 68 valence electrons. The van der Waals surface area contributed by atoms with Gasteiger partial charge in [-0.3, -0.25) is 9.48 Å². The van der Waals surface area contributed by atoms with Crippen LogP contribution in [0.1, 0.15) is 5.69 Å². The van der Waals surface area contributed by atoms with Gasteiger partial charge in [0.2, 0.25) is 0 Å². The van der Waals surface area contributed by atoms with Crippen LogP contribution in [0.25, 0.3) is 11.0 Å². The molecule has 0 unspecified atom stereocenters. The SMILES string of the molecule is Cc1nn(C)c2c(O)cc(=O)[nH]c12. The van der Waals surface area contributed by atoms with Gasteiger partial charge in [-0.2, -0.15) is 5.10 Å². The minimum Gasteiger partial charge on any atom is -0.505 e. The van der Waals surface area contributed by atoms with Crippen LogP contribution < -0.4 is 5.56 Å². The Morgan fingerprint density at radius 2 is 2.31 bits per heavy atom. The summed E-state index contributed by atoms with van der Waals surface area (Å²) >= 11 is 0. The van der Waals surface area contributed by atoms with E-state index in [0.29, 0.717) is 16.7 Å². The number of H-pyrrole nitrogens is 1. The molecule has 0 saturated heterocycles. The molecule has 0 bridgehead atoms. The number of aromatic amines is 1. The van der Waals surface area contributed by atoms with Crippen molar-refractivity contribution in [3.63, 3.8) is 0 Å². The number of hydrogen-bond acceptors (Lipinski definition) is 3. The number of nitrogens with one attached hydrogen (secondary N) is 1. The number of aromatic nitrogens is 3. The van der Waals surface area contributed by atoms with Crippen molar-refractivity contribution in [2.75, 3.05) is 0 Å². The van der Waals surface area contributed by atoms with Crippen LogP contribution in [0.5, 0.6) is 5.75 Å². The zero-order valence-electron chi connectivity index (χ0n) is 7.33. The van der Waals surface area contributed by atoms with Crippen LogP contribution in [0.15, 0.2) is 10.9 Å². The highest BCUT2D eigenvalue weighted by Gasteiger charge is 2.09. The lowest BCUT2D eigenvalue weighted by atomic mass is 10.3. The van der Waals surface area contributed by atoms with Crippen LogP contribution in [-0.2, 0) is 7.05 Å². The second-order valence-corrected chi connectivity index (χ2v) is 2.95. The van der Waals surface area contributed by atoms with E-state index in [4.69, 9.17) is 0 Å². The molecule has 2 aromatic heterocycles. The Labute approximate surface area is 73.6 Å². The average Bonchev–Trinajstić information content (AvgIpc) is 2.27. The van der Waals surface area contributed by atoms with E-state index in [0.717, 1.165) is 6.07 Å². The van der Waals surface area contributed by atoms with Gasteiger partial charge in [0.1, 0.15) is 11.3 Å². The van der Waals surface area contributed by atoms with Gasteiger partial charge in [-0.25, -0.2) is 0 Å². The Kier molecular flexibility index (Phi) is 1.42. The van der Waals surface area contributed by atoms with Gasteiger partial charge in [0, 0.05) is 13.1 Å². The quantitative estimate of drug-likeness (QED) is 0.610. The number of aromatic hydroxyl groups is 1. The summed E-state index contributed by atoms with van der Waals surface area (Å²) < 4.78 is 1.54. The number of hydrogen-bond donors (Lipinski definition) is 2. The summed E-state index contributed by atoms with van der Waals surface area (Å²) in [5.41, 5.74) is 1.52. The number of rotatable bonds is 0. The van der Waals surface area contributed by atoms with Gasteiger partial charge < -0.3 is 10.1 Å². The lowest BCUT2D eigenvalue weighted by molar-refractivity contribution is 0.476. The lowest BCUT2D eigenvalue weighted by Gasteiger charge is -1.95. The van der Waals surface area contributed by atoms with Crippen LogP contribution in [0.2, 0.25) is 0 Å². The highest BCUT2D eigenvalue weighted by molar-refractivity contribution is 5.82. The number of aryl methyl sites for hydroxylation is 2. The van der Waals surface area contributed by atoms with Gasteiger partial charge in [-0.15, -0.1) is 0 Å². The summed E-state index contributed by atoms with van der Waals surface area (Å²) in [6, 6.07) is 1.14. The first-order valence-electron chi connectivity index (χ1n) is 3.85. The number of nitrogens with zero attached hydrogens (tertiary/aromatic N) is 2. The summed E-state index contributed by atoms with van der Waals surface area (Å²) in [6.07, 6.45) is 0. The fraction of sp³-hybridized carbons (Fsp3) is 0.250. The molecule has 0 aliphatic heterocycles. The van der Waals surface area contributed by atoms with Gasteiger partial charge in [0.15, 0.2) is 0 Å². The molecule has 2 N–H and O–H groups in total. The first-order chi connectivity index (χ1) is 6.09. The normalized spacial score (nSPS) is 10.9. The molecular weight excluding hydrogens is 170 g/mol. The first kappa shape index (κ1) is 7.85. The maximum atomic E-state index is 11.0. The van der Waals surface area contributed by atoms with Gasteiger partial charge >= 0.3 is 0 Å². The largest absolute Gasteiger partial charge is 0.505 e. The van der Waals surface area contributed by atoms with Crippen molar-refractivity contribution in [1.82, 2.24) is 14.8 Å². The van der Waals surface area contributed by atoms with E-state index in [2.05, 4.69) is 10.1 Å². The molecule has 0 aromatic carbocycles. The van der Waals surface area contributed by atoms with E-state index in [1.165, 1.54) is 4.68 Å². The third-order valence-electron chi connectivity index (χ3n) is 1.98. The molecule has 13 heavy (non-hydrogen) atoms. The molecule has 0 radical (unpaired) electrons. The van der Waals surface area contributed by atoms with Crippen molar-refractivity contribution in [2.24, 2.45) is 7.05 Å². The van der Waals surface area contributed by atoms with Crippen molar-refractivity contribution in [3.05, 3.63) is 22.1 Å². The smallest absolute Gasteiger partial charge is 0.252 e. The minimum absolute atomic E-state index is 0.0400.